The van der Waals surface area contributed by atoms with Crippen LogP contribution in [0.15, 0.2) is 60.8 Å². The predicted octanol–water partition coefficient (Wildman–Crippen LogP) is 4.67. The molecule has 0 aliphatic heterocycles. The fourth-order valence-electron chi connectivity index (χ4n) is 2.74. The van der Waals surface area contributed by atoms with Gasteiger partial charge in [-0.2, -0.15) is 16.9 Å². The number of carbonyl (C=O) groups excluding carboxylic acids is 2. The van der Waals surface area contributed by atoms with Gasteiger partial charge in [-0.15, -0.1) is 0 Å². The minimum absolute atomic E-state index is 0.227. The Labute approximate surface area is 188 Å². The molecule has 30 heavy (non-hydrogen) atoms. The van der Waals surface area contributed by atoms with E-state index < -0.39 is 11.9 Å². The first-order valence-corrected chi connectivity index (χ1v) is 11.3. The summed E-state index contributed by atoms with van der Waals surface area (Å²) in [7, 11) is 0. The highest BCUT2D eigenvalue weighted by Crippen LogP contribution is 2.21. The Balaban J connectivity index is 1.71. The number of amides is 2. The highest BCUT2D eigenvalue weighted by atomic mass is 35.5. The number of hydrogen-bond donors (Lipinski definition) is 2. The molecule has 2 N–H and O–H groups in total. The molecular formula is C21H20Cl2N4O2S. The maximum Gasteiger partial charge on any atom is 0.253 e. The molecule has 2 aromatic carbocycles. The van der Waals surface area contributed by atoms with E-state index >= 15 is 0 Å². The molecular weight excluding hydrogens is 443 g/mol. The molecule has 3 aromatic rings. The van der Waals surface area contributed by atoms with E-state index in [1.807, 2.05) is 36.6 Å². The minimum atomic E-state index is -0.737. The molecule has 0 fully saturated rings. The molecule has 3 rings (SSSR count). The predicted molar refractivity (Wildman–Crippen MR) is 123 cm³/mol. The SMILES string of the molecule is CSCCC(NC(=O)c1ccc(Cl)cc1Cl)C(=O)Nc1ccn(-c2ccccc2)n1. The maximum absolute atomic E-state index is 12.8. The lowest BCUT2D eigenvalue weighted by molar-refractivity contribution is -0.118. The molecule has 0 radical (unpaired) electrons. The lowest BCUT2D eigenvalue weighted by atomic mass is 10.1. The summed E-state index contributed by atoms with van der Waals surface area (Å²) in [5.41, 5.74) is 1.14. The van der Waals surface area contributed by atoms with Crippen molar-refractivity contribution in [2.45, 2.75) is 12.5 Å². The lowest BCUT2D eigenvalue weighted by Crippen LogP contribution is -2.44. The lowest BCUT2D eigenvalue weighted by Gasteiger charge is -2.18. The number of para-hydroxylation sites is 1. The van der Waals surface area contributed by atoms with Gasteiger partial charge in [-0.3, -0.25) is 9.59 Å². The number of nitrogens with one attached hydrogen (secondary N) is 2. The van der Waals surface area contributed by atoms with Crippen molar-refractivity contribution in [3.05, 3.63) is 76.4 Å². The van der Waals surface area contributed by atoms with Crippen LogP contribution in [0.1, 0.15) is 16.8 Å². The van der Waals surface area contributed by atoms with Crippen molar-refractivity contribution in [2.75, 3.05) is 17.3 Å². The van der Waals surface area contributed by atoms with Gasteiger partial charge in [0, 0.05) is 17.3 Å². The molecule has 9 heteroatoms. The van der Waals surface area contributed by atoms with Crippen molar-refractivity contribution >= 4 is 52.6 Å². The summed E-state index contributed by atoms with van der Waals surface area (Å²) in [6.45, 7) is 0. The Morgan fingerprint density at radius 2 is 1.90 bits per heavy atom. The van der Waals surface area contributed by atoms with E-state index in [0.29, 0.717) is 23.0 Å². The molecule has 1 heterocycles. The molecule has 1 aromatic heterocycles. The van der Waals surface area contributed by atoms with Gasteiger partial charge in [0.1, 0.15) is 6.04 Å². The van der Waals surface area contributed by atoms with E-state index in [1.54, 1.807) is 34.8 Å². The second-order valence-electron chi connectivity index (χ2n) is 6.40. The van der Waals surface area contributed by atoms with Crippen LogP contribution in [0.5, 0.6) is 0 Å². The zero-order valence-corrected chi connectivity index (χ0v) is 18.5. The van der Waals surface area contributed by atoms with E-state index in [0.717, 1.165) is 5.69 Å². The summed E-state index contributed by atoms with van der Waals surface area (Å²) >= 11 is 13.6. The number of hydrogen-bond acceptors (Lipinski definition) is 4. The van der Waals surface area contributed by atoms with Gasteiger partial charge in [0.05, 0.1) is 16.3 Å². The molecule has 0 spiro atoms. The fourth-order valence-corrected chi connectivity index (χ4v) is 3.71. The van der Waals surface area contributed by atoms with E-state index in [1.165, 1.54) is 12.1 Å². The molecule has 6 nitrogen and oxygen atoms in total. The first-order chi connectivity index (χ1) is 14.5. The molecule has 2 amide bonds. The van der Waals surface area contributed by atoms with Crippen LogP contribution >= 0.6 is 35.0 Å². The summed E-state index contributed by atoms with van der Waals surface area (Å²) in [5, 5.41) is 10.6. The van der Waals surface area contributed by atoms with Gasteiger partial charge in [-0.25, -0.2) is 4.68 Å². The van der Waals surface area contributed by atoms with Crippen LogP contribution in [-0.2, 0) is 4.79 Å². The average Bonchev–Trinajstić information content (AvgIpc) is 3.20. The van der Waals surface area contributed by atoms with Crippen LogP contribution < -0.4 is 10.6 Å². The number of carbonyl (C=O) groups is 2. The summed E-state index contributed by atoms with van der Waals surface area (Å²) in [6, 6.07) is 15.1. The summed E-state index contributed by atoms with van der Waals surface area (Å²) in [4.78, 5) is 25.5. The normalized spacial score (nSPS) is 11.7. The van der Waals surface area contributed by atoms with Gasteiger partial charge in [0.15, 0.2) is 5.82 Å². The number of anilines is 1. The topological polar surface area (TPSA) is 76.0 Å². The highest BCUT2D eigenvalue weighted by molar-refractivity contribution is 7.98. The van der Waals surface area contributed by atoms with Crippen molar-refractivity contribution in [2.24, 2.45) is 0 Å². The second kappa shape index (κ2) is 10.5. The number of rotatable bonds is 8. The molecule has 0 aliphatic rings. The zero-order chi connectivity index (χ0) is 21.5. The smallest absolute Gasteiger partial charge is 0.253 e. The van der Waals surface area contributed by atoms with Crippen molar-refractivity contribution in [3.63, 3.8) is 0 Å². The Morgan fingerprint density at radius 1 is 1.13 bits per heavy atom. The largest absolute Gasteiger partial charge is 0.340 e. The number of benzene rings is 2. The van der Waals surface area contributed by atoms with E-state index in [2.05, 4.69) is 15.7 Å². The molecule has 1 unspecified atom stereocenters. The van der Waals surface area contributed by atoms with Crippen LogP contribution in [0.25, 0.3) is 5.69 Å². The quantitative estimate of drug-likeness (QED) is 0.509. The van der Waals surface area contributed by atoms with Crippen LogP contribution in [0, 0.1) is 0 Å². The van der Waals surface area contributed by atoms with Gasteiger partial charge in [-0.1, -0.05) is 41.4 Å². The molecule has 1 atom stereocenters. The Morgan fingerprint density at radius 3 is 2.60 bits per heavy atom. The highest BCUT2D eigenvalue weighted by Gasteiger charge is 2.23. The second-order valence-corrected chi connectivity index (χ2v) is 8.23. The van der Waals surface area contributed by atoms with Gasteiger partial charge >= 0.3 is 0 Å². The van der Waals surface area contributed by atoms with E-state index in [4.69, 9.17) is 23.2 Å². The minimum Gasteiger partial charge on any atom is -0.340 e. The van der Waals surface area contributed by atoms with E-state index in [9.17, 15) is 9.59 Å². The van der Waals surface area contributed by atoms with Gasteiger partial charge < -0.3 is 10.6 Å². The van der Waals surface area contributed by atoms with E-state index in [-0.39, 0.29) is 16.5 Å². The zero-order valence-electron chi connectivity index (χ0n) is 16.1. The van der Waals surface area contributed by atoms with Crippen molar-refractivity contribution in [1.82, 2.24) is 15.1 Å². The van der Waals surface area contributed by atoms with Gasteiger partial charge in [-0.05, 0) is 48.8 Å². The molecule has 0 saturated heterocycles. The van der Waals surface area contributed by atoms with Crippen LogP contribution in [-0.4, -0.2) is 39.6 Å². The van der Waals surface area contributed by atoms with Crippen LogP contribution in [0.3, 0.4) is 0 Å². The summed E-state index contributed by atoms with van der Waals surface area (Å²) in [5.74, 6) is 0.316. The van der Waals surface area contributed by atoms with Crippen LogP contribution in [0.2, 0.25) is 10.0 Å². The Kier molecular flexibility index (Phi) is 7.79. The standard InChI is InChI=1S/C21H20Cl2N4O2S/c1-30-12-10-18(24-20(28)16-8-7-14(22)13-17(16)23)21(29)25-19-9-11-27(26-19)15-5-3-2-4-6-15/h2-9,11,13,18H,10,12H2,1H3,(H,24,28)(H,25,26,29). The third-order valence-corrected chi connectivity index (χ3v) is 5.46. The van der Waals surface area contributed by atoms with Gasteiger partial charge in [0.2, 0.25) is 5.91 Å². The molecule has 0 saturated carbocycles. The summed E-state index contributed by atoms with van der Waals surface area (Å²) in [6.07, 6.45) is 4.16. The first kappa shape index (κ1) is 22.2. The van der Waals surface area contributed by atoms with Crippen molar-refractivity contribution in [3.8, 4) is 5.69 Å². The van der Waals surface area contributed by atoms with Gasteiger partial charge in [0.25, 0.3) is 5.91 Å². The fraction of sp³-hybridized carbons (Fsp3) is 0.190. The molecule has 0 bridgehead atoms. The molecule has 0 aliphatic carbocycles. The molecule has 156 valence electrons. The monoisotopic (exact) mass is 462 g/mol. The third kappa shape index (κ3) is 5.78. The van der Waals surface area contributed by atoms with Crippen LogP contribution in [0.4, 0.5) is 5.82 Å². The Hall–Kier alpha value is -2.48. The van der Waals surface area contributed by atoms with Crippen molar-refractivity contribution < 1.29 is 9.59 Å². The third-order valence-electron chi connectivity index (χ3n) is 4.27. The first-order valence-electron chi connectivity index (χ1n) is 9.14. The number of aromatic nitrogens is 2. The number of nitrogens with zero attached hydrogens (tertiary/aromatic N) is 2. The van der Waals surface area contributed by atoms with Crippen molar-refractivity contribution in [1.29, 1.82) is 0 Å². The average molecular weight is 463 g/mol. The summed E-state index contributed by atoms with van der Waals surface area (Å²) < 4.78 is 1.67. The Bertz CT molecular complexity index is 1030. The number of thioether (sulfide) groups is 1. The maximum atomic E-state index is 12.8. The number of halogens is 2.